The molecule has 0 aliphatic carbocycles. The maximum Gasteiger partial charge on any atom is 0.226 e. The van der Waals surface area contributed by atoms with Crippen LogP contribution in [0.1, 0.15) is 45.6 Å². The molecule has 3 nitrogen and oxygen atoms in total. The van der Waals surface area contributed by atoms with Gasteiger partial charge in [-0.05, 0) is 43.0 Å². The molecule has 1 aliphatic rings. The summed E-state index contributed by atoms with van der Waals surface area (Å²) >= 11 is 5.99. The number of benzene rings is 1. The molecule has 5 heteroatoms. The first-order chi connectivity index (χ1) is 13.1. The lowest BCUT2D eigenvalue weighted by Gasteiger charge is -2.40. The van der Waals surface area contributed by atoms with Gasteiger partial charge in [0.15, 0.2) is 8.32 Å². The summed E-state index contributed by atoms with van der Waals surface area (Å²) in [4.78, 5) is 15.3. The summed E-state index contributed by atoms with van der Waals surface area (Å²) in [5, 5.41) is 0.143. The van der Waals surface area contributed by atoms with E-state index in [2.05, 4.69) is 58.2 Å². The minimum absolute atomic E-state index is 0.0274. The first-order valence-electron chi connectivity index (χ1n) is 10.4. The van der Waals surface area contributed by atoms with E-state index in [1.165, 1.54) is 0 Å². The topological polar surface area (TPSA) is 29.5 Å². The molecule has 156 valence electrons. The Bertz CT molecular complexity index is 654. The first kappa shape index (κ1) is 23.2. The van der Waals surface area contributed by atoms with Crippen molar-refractivity contribution in [1.82, 2.24) is 4.90 Å². The number of alkyl halides is 1. The van der Waals surface area contributed by atoms with Crippen molar-refractivity contribution in [1.29, 1.82) is 0 Å². The van der Waals surface area contributed by atoms with Gasteiger partial charge in [0.1, 0.15) is 0 Å². The van der Waals surface area contributed by atoms with Gasteiger partial charge in [-0.15, -0.1) is 11.6 Å². The van der Waals surface area contributed by atoms with Gasteiger partial charge in [0, 0.05) is 24.9 Å². The first-order valence-corrected chi connectivity index (χ1v) is 13.8. The summed E-state index contributed by atoms with van der Waals surface area (Å²) in [7, 11) is -1.92. The van der Waals surface area contributed by atoms with Crippen molar-refractivity contribution in [3.63, 3.8) is 0 Å². The Kier molecular flexibility index (Phi) is 8.35. The number of halogens is 1. The molecule has 2 atom stereocenters. The number of carbonyl (C=O) groups excluding carboxylic acids is 1. The average Bonchev–Trinajstić information content (AvgIpc) is 2.68. The highest BCUT2D eigenvalue weighted by molar-refractivity contribution is 6.74. The fraction of sp³-hybridized carbons (Fsp3) is 0.609. The molecule has 0 fully saturated rings. The second-order valence-corrected chi connectivity index (χ2v) is 14.5. The number of hydrogen-bond donors (Lipinski definition) is 0. The van der Waals surface area contributed by atoms with Gasteiger partial charge in [-0.3, -0.25) is 4.79 Å². The van der Waals surface area contributed by atoms with E-state index < -0.39 is 8.32 Å². The fourth-order valence-electron chi connectivity index (χ4n) is 3.28. The largest absolute Gasteiger partial charge is 0.412 e. The molecule has 0 unspecified atom stereocenters. The van der Waals surface area contributed by atoms with Crippen molar-refractivity contribution >= 4 is 25.8 Å². The Balaban J connectivity index is 2.25. The van der Waals surface area contributed by atoms with Crippen LogP contribution in [0.4, 0.5) is 0 Å². The van der Waals surface area contributed by atoms with Crippen LogP contribution in [0.5, 0.6) is 0 Å². The molecule has 1 aromatic rings. The lowest BCUT2D eigenvalue weighted by Crippen LogP contribution is -2.48. The second kappa shape index (κ2) is 10.1. The minimum Gasteiger partial charge on any atom is -0.412 e. The van der Waals surface area contributed by atoms with E-state index in [1.807, 2.05) is 23.1 Å². The Morgan fingerprint density at radius 1 is 1.14 bits per heavy atom. The van der Waals surface area contributed by atoms with E-state index in [0.29, 0.717) is 25.4 Å². The van der Waals surface area contributed by atoms with Crippen molar-refractivity contribution in [2.24, 2.45) is 5.92 Å². The summed E-state index contributed by atoms with van der Waals surface area (Å²) in [5.41, 5.74) is 1.15. The molecule has 0 radical (unpaired) electrons. The van der Waals surface area contributed by atoms with Crippen LogP contribution >= 0.6 is 11.6 Å². The lowest BCUT2D eigenvalue weighted by molar-refractivity contribution is -0.137. The van der Waals surface area contributed by atoms with Crippen molar-refractivity contribution in [3.05, 3.63) is 48.0 Å². The van der Waals surface area contributed by atoms with Gasteiger partial charge >= 0.3 is 0 Å². The molecular formula is C23H36ClNO2Si. The fourth-order valence-corrected chi connectivity index (χ4v) is 4.90. The van der Waals surface area contributed by atoms with Crippen LogP contribution in [-0.4, -0.2) is 37.7 Å². The normalized spacial score (nSPS) is 23.1. The molecule has 0 N–H and O–H groups in total. The van der Waals surface area contributed by atoms with Crippen LogP contribution in [-0.2, 0) is 15.8 Å². The molecule has 0 saturated carbocycles. The average molecular weight is 422 g/mol. The third-order valence-electron chi connectivity index (χ3n) is 6.01. The third-order valence-corrected chi connectivity index (χ3v) is 10.8. The standard InChI is InChI=1S/C23H36ClNO2Si/c1-23(2,3)28(4,5)27-21-14-10-9-13-20(15-16-24)22(26)25(18-21)17-19-11-7-6-8-12-19/h6-12,20-21H,13-18H2,1-5H3/b10-9+/t20-,21+/m0/s1. The summed E-state index contributed by atoms with van der Waals surface area (Å²) < 4.78 is 6.71. The molecule has 2 rings (SSSR count). The number of hydrogen-bond acceptors (Lipinski definition) is 2. The van der Waals surface area contributed by atoms with Crippen LogP contribution in [0.3, 0.4) is 0 Å². The van der Waals surface area contributed by atoms with Gasteiger partial charge in [0.2, 0.25) is 5.91 Å². The highest BCUT2D eigenvalue weighted by Gasteiger charge is 2.39. The molecule has 0 saturated heterocycles. The number of carbonyl (C=O) groups is 1. The molecule has 1 heterocycles. The predicted molar refractivity (Wildman–Crippen MR) is 121 cm³/mol. The molecule has 1 amide bonds. The van der Waals surface area contributed by atoms with Gasteiger partial charge in [-0.25, -0.2) is 0 Å². The summed E-state index contributed by atoms with van der Waals surface area (Å²) in [5.74, 6) is 0.650. The minimum atomic E-state index is -1.92. The maximum absolute atomic E-state index is 13.3. The monoisotopic (exact) mass is 421 g/mol. The Labute approximate surface area is 177 Å². The van der Waals surface area contributed by atoms with Crippen molar-refractivity contribution < 1.29 is 9.22 Å². The second-order valence-electron chi connectivity index (χ2n) is 9.32. The number of amides is 1. The van der Waals surface area contributed by atoms with E-state index in [0.717, 1.165) is 18.4 Å². The number of rotatable bonds is 6. The third kappa shape index (κ3) is 6.46. The highest BCUT2D eigenvalue weighted by atomic mass is 35.5. The zero-order valence-corrected chi connectivity index (χ0v) is 19.8. The van der Waals surface area contributed by atoms with Gasteiger partial charge in [-0.1, -0.05) is 63.3 Å². The quantitative estimate of drug-likeness (QED) is 0.320. The Morgan fingerprint density at radius 3 is 2.39 bits per heavy atom. The summed E-state index contributed by atoms with van der Waals surface area (Å²) in [6.45, 7) is 12.6. The molecule has 28 heavy (non-hydrogen) atoms. The Morgan fingerprint density at radius 2 is 1.79 bits per heavy atom. The van der Waals surface area contributed by atoms with Crippen LogP contribution in [0.2, 0.25) is 18.1 Å². The van der Waals surface area contributed by atoms with Crippen LogP contribution in [0.15, 0.2) is 42.5 Å². The van der Waals surface area contributed by atoms with Gasteiger partial charge < -0.3 is 9.33 Å². The molecule has 1 aromatic carbocycles. The van der Waals surface area contributed by atoms with Crippen LogP contribution in [0.25, 0.3) is 0 Å². The number of allylic oxidation sites excluding steroid dienone is 1. The SMILES string of the molecule is CC(C)(C)[Si](C)(C)O[C@@H]1C/C=C/C[C@@H](CCCl)C(=O)N(Cc2ccccc2)C1. The van der Waals surface area contributed by atoms with E-state index in [-0.39, 0.29) is 23.0 Å². The van der Waals surface area contributed by atoms with Gasteiger partial charge in [-0.2, -0.15) is 0 Å². The van der Waals surface area contributed by atoms with Crippen molar-refractivity contribution in [3.8, 4) is 0 Å². The van der Waals surface area contributed by atoms with Gasteiger partial charge in [0.25, 0.3) is 0 Å². The van der Waals surface area contributed by atoms with Crippen LogP contribution < -0.4 is 0 Å². The summed E-state index contributed by atoms with van der Waals surface area (Å²) in [6.07, 6.45) is 6.67. The summed E-state index contributed by atoms with van der Waals surface area (Å²) in [6, 6.07) is 10.2. The zero-order valence-electron chi connectivity index (χ0n) is 18.1. The van der Waals surface area contributed by atoms with E-state index in [1.54, 1.807) is 0 Å². The van der Waals surface area contributed by atoms with Crippen LogP contribution in [0, 0.1) is 5.92 Å². The van der Waals surface area contributed by atoms with Crippen molar-refractivity contribution in [2.45, 2.75) is 70.8 Å². The van der Waals surface area contributed by atoms with Crippen molar-refractivity contribution in [2.75, 3.05) is 12.4 Å². The molecule has 0 bridgehead atoms. The van der Waals surface area contributed by atoms with E-state index in [4.69, 9.17) is 16.0 Å². The predicted octanol–water partition coefficient (Wildman–Crippen LogP) is 6.00. The van der Waals surface area contributed by atoms with E-state index >= 15 is 0 Å². The molecule has 1 aliphatic heterocycles. The smallest absolute Gasteiger partial charge is 0.226 e. The van der Waals surface area contributed by atoms with E-state index in [9.17, 15) is 4.79 Å². The molecule has 0 spiro atoms. The molecular weight excluding hydrogens is 386 g/mol. The number of nitrogens with zero attached hydrogens (tertiary/aromatic N) is 1. The highest BCUT2D eigenvalue weighted by Crippen LogP contribution is 2.38. The molecule has 0 aromatic heterocycles. The van der Waals surface area contributed by atoms with Gasteiger partial charge in [0.05, 0.1) is 6.10 Å². The lowest BCUT2D eigenvalue weighted by atomic mass is 10.00. The Hall–Kier alpha value is -1.10. The maximum atomic E-state index is 13.3. The zero-order chi connectivity index (χ0) is 20.8.